The van der Waals surface area contributed by atoms with E-state index in [0.29, 0.717) is 22.7 Å². The Morgan fingerprint density at radius 3 is 2.39 bits per heavy atom. The average Bonchev–Trinajstić information content (AvgIpc) is 3.24. The van der Waals surface area contributed by atoms with Gasteiger partial charge in [0.25, 0.3) is 5.91 Å². The van der Waals surface area contributed by atoms with Gasteiger partial charge in [0.1, 0.15) is 11.3 Å². The zero-order valence-corrected chi connectivity index (χ0v) is 22.9. The average molecular weight is 517 g/mol. The molecule has 0 radical (unpaired) electrons. The summed E-state index contributed by atoms with van der Waals surface area (Å²) >= 11 is 0. The number of amides is 1. The molecule has 1 aliphatic rings. The number of benzene rings is 1. The van der Waals surface area contributed by atoms with Crippen molar-refractivity contribution < 1.29 is 19.4 Å². The van der Waals surface area contributed by atoms with Crippen LogP contribution in [0.5, 0.6) is 5.75 Å². The van der Waals surface area contributed by atoms with E-state index in [9.17, 15) is 14.7 Å². The van der Waals surface area contributed by atoms with E-state index in [1.807, 2.05) is 32.0 Å². The summed E-state index contributed by atoms with van der Waals surface area (Å²) in [6.45, 7) is 10.2. The van der Waals surface area contributed by atoms with Crippen molar-refractivity contribution in [1.29, 1.82) is 0 Å². The SMILES string of the molecule is COc1cc(C(=O)N2[C@@H](c3ccccn3)[C@@H](c3cnccn3)C[C@@]2(CC(C)C)C(=O)O)ccc1C(C)(C)C. The summed E-state index contributed by atoms with van der Waals surface area (Å²) in [5.41, 5.74) is 0.908. The highest BCUT2D eigenvalue weighted by Crippen LogP contribution is 2.53. The quantitative estimate of drug-likeness (QED) is 0.447. The van der Waals surface area contributed by atoms with Gasteiger partial charge in [0.2, 0.25) is 0 Å². The number of carboxylic acid groups (broad SMARTS) is 1. The molecule has 200 valence electrons. The van der Waals surface area contributed by atoms with Crippen molar-refractivity contribution in [3.05, 3.63) is 83.7 Å². The predicted octanol–water partition coefficient (Wildman–Crippen LogP) is 5.42. The van der Waals surface area contributed by atoms with Crippen molar-refractivity contribution in [2.75, 3.05) is 7.11 Å². The molecule has 0 aliphatic carbocycles. The lowest BCUT2D eigenvalue weighted by Crippen LogP contribution is -2.54. The molecule has 0 saturated carbocycles. The maximum atomic E-state index is 14.5. The maximum Gasteiger partial charge on any atom is 0.329 e. The van der Waals surface area contributed by atoms with Gasteiger partial charge in [-0.1, -0.05) is 46.8 Å². The number of methoxy groups -OCH3 is 1. The van der Waals surface area contributed by atoms with E-state index in [1.165, 1.54) is 0 Å². The number of aliphatic carboxylic acids is 1. The summed E-state index contributed by atoms with van der Waals surface area (Å²) in [4.78, 5) is 42.6. The maximum absolute atomic E-state index is 14.5. The lowest BCUT2D eigenvalue weighted by molar-refractivity contribution is -0.150. The van der Waals surface area contributed by atoms with Gasteiger partial charge in [-0.3, -0.25) is 19.7 Å². The Hall–Kier alpha value is -3.81. The Labute approximate surface area is 224 Å². The number of carbonyl (C=O) groups is 2. The molecule has 4 rings (SSSR count). The van der Waals surface area contributed by atoms with Gasteiger partial charge in [-0.2, -0.15) is 0 Å². The molecule has 1 aromatic carbocycles. The van der Waals surface area contributed by atoms with E-state index in [4.69, 9.17) is 4.74 Å². The van der Waals surface area contributed by atoms with Crippen LogP contribution in [0.3, 0.4) is 0 Å². The van der Waals surface area contributed by atoms with E-state index in [2.05, 4.69) is 35.7 Å². The van der Waals surface area contributed by atoms with Crippen LogP contribution in [0.4, 0.5) is 0 Å². The van der Waals surface area contributed by atoms with Crippen molar-refractivity contribution in [2.24, 2.45) is 5.92 Å². The Morgan fingerprint density at radius 2 is 1.84 bits per heavy atom. The number of hydrogen-bond acceptors (Lipinski definition) is 6. The van der Waals surface area contributed by atoms with Crippen LogP contribution >= 0.6 is 0 Å². The molecule has 2 aromatic heterocycles. The van der Waals surface area contributed by atoms with Crippen LogP contribution < -0.4 is 4.74 Å². The molecule has 1 fully saturated rings. The number of likely N-dealkylation sites (tertiary alicyclic amines) is 1. The number of carboxylic acids is 1. The molecule has 1 amide bonds. The Balaban J connectivity index is 1.95. The van der Waals surface area contributed by atoms with Crippen molar-refractivity contribution in [3.63, 3.8) is 0 Å². The Morgan fingerprint density at radius 1 is 1.11 bits per heavy atom. The fourth-order valence-electron chi connectivity index (χ4n) is 5.72. The largest absolute Gasteiger partial charge is 0.496 e. The number of ether oxygens (including phenoxy) is 1. The third-order valence-corrected chi connectivity index (χ3v) is 7.25. The first-order valence-electron chi connectivity index (χ1n) is 12.9. The molecule has 3 atom stereocenters. The second-order valence-electron chi connectivity index (χ2n) is 11.4. The molecule has 3 aromatic rings. The van der Waals surface area contributed by atoms with Crippen LogP contribution in [0, 0.1) is 5.92 Å². The molecule has 0 bridgehead atoms. The van der Waals surface area contributed by atoms with E-state index in [0.717, 1.165) is 5.56 Å². The molecule has 3 heterocycles. The van der Waals surface area contributed by atoms with Crippen LogP contribution in [-0.2, 0) is 10.2 Å². The molecule has 38 heavy (non-hydrogen) atoms. The number of carbonyl (C=O) groups excluding carboxylic acids is 1. The van der Waals surface area contributed by atoms with Crippen LogP contribution in [0.25, 0.3) is 0 Å². The fourth-order valence-corrected chi connectivity index (χ4v) is 5.72. The molecule has 1 N–H and O–H groups in total. The minimum absolute atomic E-state index is 0.0178. The fraction of sp³-hybridized carbons (Fsp3) is 0.433. The first-order valence-corrected chi connectivity index (χ1v) is 12.9. The number of pyridine rings is 1. The van der Waals surface area contributed by atoms with Crippen molar-refractivity contribution >= 4 is 11.9 Å². The second-order valence-corrected chi connectivity index (χ2v) is 11.4. The molecule has 0 unspecified atom stereocenters. The normalized spacial score (nSPS) is 21.5. The predicted molar refractivity (Wildman–Crippen MR) is 144 cm³/mol. The monoisotopic (exact) mass is 516 g/mol. The van der Waals surface area contributed by atoms with Crippen LogP contribution in [-0.4, -0.2) is 49.5 Å². The molecule has 1 aliphatic heterocycles. The van der Waals surface area contributed by atoms with Crippen molar-refractivity contribution in [3.8, 4) is 5.75 Å². The summed E-state index contributed by atoms with van der Waals surface area (Å²) in [6.07, 6.45) is 6.97. The molecular weight excluding hydrogens is 480 g/mol. The highest BCUT2D eigenvalue weighted by atomic mass is 16.5. The number of hydrogen-bond donors (Lipinski definition) is 1. The molecule has 8 nitrogen and oxygen atoms in total. The van der Waals surface area contributed by atoms with Gasteiger partial charge >= 0.3 is 5.97 Å². The van der Waals surface area contributed by atoms with Gasteiger partial charge in [-0.25, -0.2) is 4.79 Å². The number of aromatic nitrogens is 3. The first kappa shape index (κ1) is 27.2. The van der Waals surface area contributed by atoms with Gasteiger partial charge in [-0.05, 0) is 54.0 Å². The van der Waals surface area contributed by atoms with Crippen LogP contribution in [0.2, 0.25) is 0 Å². The van der Waals surface area contributed by atoms with Gasteiger partial charge in [0.05, 0.1) is 24.5 Å². The minimum atomic E-state index is -1.47. The lowest BCUT2D eigenvalue weighted by Gasteiger charge is -2.39. The van der Waals surface area contributed by atoms with E-state index >= 15 is 0 Å². The number of rotatable bonds is 7. The summed E-state index contributed by atoms with van der Waals surface area (Å²) in [5, 5.41) is 10.8. The smallest absolute Gasteiger partial charge is 0.329 e. The summed E-state index contributed by atoms with van der Waals surface area (Å²) in [6, 6.07) is 10.2. The van der Waals surface area contributed by atoms with Gasteiger partial charge in [-0.15, -0.1) is 0 Å². The zero-order chi connectivity index (χ0) is 27.7. The Kier molecular flexibility index (Phi) is 7.54. The third-order valence-electron chi connectivity index (χ3n) is 7.25. The van der Waals surface area contributed by atoms with E-state index < -0.39 is 23.5 Å². The van der Waals surface area contributed by atoms with E-state index in [-0.39, 0.29) is 30.1 Å². The number of nitrogens with zero attached hydrogens (tertiary/aromatic N) is 4. The standard InChI is InChI=1S/C30H36N4O4/c1-19(2)16-30(28(36)37)17-21(24-18-31-13-14-33-24)26(23-9-7-8-12-32-23)34(30)27(35)20-10-11-22(29(3,4)5)25(15-20)38-6/h7-15,18-19,21,26H,16-17H2,1-6H3,(H,36,37)/t21-,26-,30+/m1/s1. The highest BCUT2D eigenvalue weighted by Gasteiger charge is 2.60. The summed E-state index contributed by atoms with van der Waals surface area (Å²) in [5.74, 6) is -1.22. The molecule has 0 spiro atoms. The zero-order valence-electron chi connectivity index (χ0n) is 22.9. The molecule has 8 heteroatoms. The first-order chi connectivity index (χ1) is 18.0. The van der Waals surface area contributed by atoms with Crippen molar-refractivity contribution in [2.45, 2.75) is 70.4 Å². The third kappa shape index (κ3) is 4.99. The van der Waals surface area contributed by atoms with Crippen LogP contribution in [0.1, 0.15) is 86.7 Å². The highest BCUT2D eigenvalue weighted by molar-refractivity contribution is 5.99. The summed E-state index contributed by atoms with van der Waals surface area (Å²) in [7, 11) is 1.58. The van der Waals surface area contributed by atoms with E-state index in [1.54, 1.807) is 55.0 Å². The summed E-state index contributed by atoms with van der Waals surface area (Å²) < 4.78 is 5.67. The van der Waals surface area contributed by atoms with Gasteiger partial charge in [0, 0.05) is 36.3 Å². The van der Waals surface area contributed by atoms with Crippen molar-refractivity contribution in [1.82, 2.24) is 19.9 Å². The lowest BCUT2D eigenvalue weighted by atomic mass is 9.82. The van der Waals surface area contributed by atoms with Gasteiger partial charge < -0.3 is 14.7 Å². The Bertz CT molecular complexity index is 1290. The van der Waals surface area contributed by atoms with Gasteiger partial charge in [0.15, 0.2) is 0 Å². The van der Waals surface area contributed by atoms with Crippen LogP contribution in [0.15, 0.2) is 61.2 Å². The molecular formula is C30H36N4O4. The topological polar surface area (TPSA) is 106 Å². The minimum Gasteiger partial charge on any atom is -0.496 e. The second kappa shape index (κ2) is 10.5. The molecule has 1 saturated heterocycles.